The average Bonchev–Trinajstić information content (AvgIpc) is 2.40. The number of allylic oxidation sites excluding steroid dienone is 1. The van der Waals surface area contributed by atoms with Crippen molar-refractivity contribution < 1.29 is 19.4 Å². The predicted molar refractivity (Wildman–Crippen MR) is 75.4 cm³/mol. The molecule has 0 amide bonds. The highest BCUT2D eigenvalue weighted by molar-refractivity contribution is 5.86. The maximum absolute atomic E-state index is 10.2. The third kappa shape index (κ3) is 6.31. The Morgan fingerprint density at radius 1 is 1.42 bits per heavy atom. The summed E-state index contributed by atoms with van der Waals surface area (Å²) in [4.78, 5) is 10.2. The fourth-order valence-electron chi connectivity index (χ4n) is 1.19. The zero-order chi connectivity index (χ0) is 14.8. The van der Waals surface area contributed by atoms with E-state index in [1.54, 1.807) is 19.1 Å². The number of methoxy groups -OCH3 is 2. The van der Waals surface area contributed by atoms with Crippen molar-refractivity contribution in [3.63, 3.8) is 0 Å². The Morgan fingerprint density at radius 2 is 2.05 bits per heavy atom. The van der Waals surface area contributed by atoms with Gasteiger partial charge in [-0.15, -0.1) is 6.58 Å². The Labute approximate surface area is 114 Å². The highest BCUT2D eigenvalue weighted by atomic mass is 16.5. The van der Waals surface area contributed by atoms with Gasteiger partial charge in [-0.05, 0) is 31.0 Å². The third-order valence-corrected chi connectivity index (χ3v) is 2.16. The first-order valence-electron chi connectivity index (χ1n) is 5.66. The lowest BCUT2D eigenvalue weighted by Gasteiger charge is -2.04. The van der Waals surface area contributed by atoms with Gasteiger partial charge in [0.15, 0.2) is 11.5 Å². The van der Waals surface area contributed by atoms with Crippen molar-refractivity contribution in [1.29, 1.82) is 0 Å². The van der Waals surface area contributed by atoms with Crippen molar-refractivity contribution in [2.45, 2.75) is 13.3 Å². The van der Waals surface area contributed by atoms with E-state index in [0.29, 0.717) is 11.3 Å². The molecule has 1 N–H and O–H groups in total. The molecule has 0 radical (unpaired) electrons. The van der Waals surface area contributed by atoms with Crippen LogP contribution in [0.3, 0.4) is 0 Å². The molecule has 0 aliphatic carbocycles. The fraction of sp³-hybridized carbons (Fsp3) is 0.267. The smallest absolute Gasteiger partial charge is 0.332 e. The van der Waals surface area contributed by atoms with Gasteiger partial charge in [0, 0.05) is 5.57 Å². The lowest BCUT2D eigenvalue weighted by atomic mass is 10.1. The number of phenols is 1. The first-order valence-corrected chi connectivity index (χ1v) is 5.66. The molecule has 0 aromatic heterocycles. The Kier molecular flexibility index (Phi) is 7.77. The van der Waals surface area contributed by atoms with E-state index in [1.807, 2.05) is 12.1 Å². The average molecular weight is 264 g/mol. The summed E-state index contributed by atoms with van der Waals surface area (Å²) in [7, 11) is 2.86. The van der Waals surface area contributed by atoms with Crippen LogP contribution in [0.4, 0.5) is 0 Å². The first kappa shape index (κ1) is 16.8. The van der Waals surface area contributed by atoms with Gasteiger partial charge < -0.3 is 14.6 Å². The van der Waals surface area contributed by atoms with Gasteiger partial charge in [-0.2, -0.15) is 0 Å². The predicted octanol–water partition coefficient (Wildman–Crippen LogP) is 2.86. The van der Waals surface area contributed by atoms with Crippen LogP contribution in [0.25, 0.3) is 0 Å². The van der Waals surface area contributed by atoms with Crippen molar-refractivity contribution in [3.8, 4) is 11.5 Å². The van der Waals surface area contributed by atoms with E-state index in [2.05, 4.69) is 17.9 Å². The molecule has 104 valence electrons. The summed E-state index contributed by atoms with van der Waals surface area (Å²) in [6.45, 7) is 8.58. The molecule has 4 nitrogen and oxygen atoms in total. The van der Waals surface area contributed by atoms with E-state index in [9.17, 15) is 9.90 Å². The number of benzene rings is 1. The van der Waals surface area contributed by atoms with Crippen LogP contribution in [0.1, 0.15) is 12.5 Å². The van der Waals surface area contributed by atoms with E-state index in [4.69, 9.17) is 4.74 Å². The van der Waals surface area contributed by atoms with Crippen LogP contribution in [0.2, 0.25) is 0 Å². The highest BCUT2D eigenvalue weighted by Gasteiger charge is 2.00. The second-order valence-electron chi connectivity index (χ2n) is 3.77. The summed E-state index contributed by atoms with van der Waals surface area (Å²) in [6, 6.07) is 5.27. The molecule has 1 aromatic carbocycles. The van der Waals surface area contributed by atoms with E-state index in [0.717, 1.165) is 12.0 Å². The molecule has 4 heteroatoms. The molecule has 0 aliphatic heterocycles. The van der Waals surface area contributed by atoms with Crippen LogP contribution in [0.15, 0.2) is 43.0 Å². The van der Waals surface area contributed by atoms with Crippen LogP contribution >= 0.6 is 0 Å². The van der Waals surface area contributed by atoms with Gasteiger partial charge in [0.1, 0.15) is 0 Å². The van der Waals surface area contributed by atoms with Crippen LogP contribution in [-0.4, -0.2) is 25.3 Å². The number of hydrogen-bond donors (Lipinski definition) is 1. The molecular weight excluding hydrogens is 244 g/mol. The second-order valence-corrected chi connectivity index (χ2v) is 3.77. The number of carbonyl (C=O) groups excluding carboxylic acids is 1. The van der Waals surface area contributed by atoms with Crippen LogP contribution in [0, 0.1) is 0 Å². The number of rotatable bonds is 4. The number of hydrogen-bond acceptors (Lipinski definition) is 4. The molecule has 0 saturated carbocycles. The van der Waals surface area contributed by atoms with Gasteiger partial charge in [-0.3, -0.25) is 0 Å². The summed E-state index contributed by atoms with van der Waals surface area (Å²) >= 11 is 0. The van der Waals surface area contributed by atoms with Crippen molar-refractivity contribution in [2.75, 3.05) is 14.2 Å². The minimum atomic E-state index is -0.347. The molecule has 19 heavy (non-hydrogen) atoms. The SMILES string of the molecule is C=C(C)C(=O)OC.C=CCc1ccc(O)c(OC)c1. The van der Waals surface area contributed by atoms with E-state index >= 15 is 0 Å². The van der Waals surface area contributed by atoms with Crippen molar-refractivity contribution >= 4 is 5.97 Å². The molecule has 0 saturated heterocycles. The molecule has 0 fully saturated rings. The number of esters is 1. The summed E-state index contributed by atoms with van der Waals surface area (Å²) < 4.78 is 9.22. The van der Waals surface area contributed by atoms with Crippen LogP contribution in [-0.2, 0) is 16.0 Å². The molecule has 0 bridgehead atoms. The lowest BCUT2D eigenvalue weighted by molar-refractivity contribution is -0.136. The molecule has 0 aliphatic rings. The highest BCUT2D eigenvalue weighted by Crippen LogP contribution is 2.26. The molecular formula is C15H20O4. The quantitative estimate of drug-likeness (QED) is 0.516. The van der Waals surface area contributed by atoms with Gasteiger partial charge >= 0.3 is 5.97 Å². The topological polar surface area (TPSA) is 55.8 Å². The van der Waals surface area contributed by atoms with Crippen LogP contribution in [0.5, 0.6) is 11.5 Å². The van der Waals surface area contributed by atoms with Gasteiger partial charge in [-0.1, -0.05) is 18.7 Å². The molecule has 0 unspecified atom stereocenters. The van der Waals surface area contributed by atoms with Gasteiger partial charge in [0.25, 0.3) is 0 Å². The van der Waals surface area contributed by atoms with E-state index in [1.165, 1.54) is 14.2 Å². The number of ether oxygens (including phenoxy) is 2. The fourth-order valence-corrected chi connectivity index (χ4v) is 1.19. The summed E-state index contributed by atoms with van der Waals surface area (Å²) in [5.41, 5.74) is 1.52. The molecule has 1 rings (SSSR count). The monoisotopic (exact) mass is 264 g/mol. The summed E-state index contributed by atoms with van der Waals surface area (Å²) in [5, 5.41) is 9.25. The number of aromatic hydroxyl groups is 1. The number of carbonyl (C=O) groups is 1. The molecule has 0 spiro atoms. The molecule has 1 aromatic rings. The van der Waals surface area contributed by atoms with Crippen LogP contribution < -0.4 is 4.74 Å². The van der Waals surface area contributed by atoms with Crippen molar-refractivity contribution in [3.05, 3.63) is 48.6 Å². The minimum Gasteiger partial charge on any atom is -0.504 e. The lowest BCUT2D eigenvalue weighted by Crippen LogP contribution is -1.98. The molecule has 0 atom stereocenters. The third-order valence-electron chi connectivity index (χ3n) is 2.16. The second kappa shape index (κ2) is 8.80. The maximum atomic E-state index is 10.2. The summed E-state index contributed by atoms with van der Waals surface area (Å²) in [6.07, 6.45) is 2.60. The Morgan fingerprint density at radius 3 is 2.42 bits per heavy atom. The zero-order valence-corrected chi connectivity index (χ0v) is 11.6. The van der Waals surface area contributed by atoms with Gasteiger partial charge in [0.2, 0.25) is 0 Å². The van der Waals surface area contributed by atoms with E-state index < -0.39 is 0 Å². The largest absolute Gasteiger partial charge is 0.504 e. The zero-order valence-electron chi connectivity index (χ0n) is 11.6. The Hall–Kier alpha value is -2.23. The maximum Gasteiger partial charge on any atom is 0.332 e. The first-order chi connectivity index (χ1) is 8.96. The van der Waals surface area contributed by atoms with Gasteiger partial charge in [-0.25, -0.2) is 4.79 Å². The minimum absolute atomic E-state index is 0.172. The van der Waals surface area contributed by atoms with E-state index in [-0.39, 0.29) is 11.7 Å². The Balaban J connectivity index is 0.000000399. The summed E-state index contributed by atoms with van der Waals surface area (Å²) in [5.74, 6) is 0.333. The van der Waals surface area contributed by atoms with Crippen molar-refractivity contribution in [1.82, 2.24) is 0 Å². The molecule has 0 heterocycles. The Bertz CT molecular complexity index is 449. The standard InChI is InChI=1S/C10H12O2.C5H8O2/c1-3-4-8-5-6-9(11)10(7-8)12-2;1-4(2)5(6)7-3/h3,5-7,11H,1,4H2,2H3;1H2,2-3H3. The van der Waals surface area contributed by atoms with Crippen molar-refractivity contribution in [2.24, 2.45) is 0 Å². The van der Waals surface area contributed by atoms with Gasteiger partial charge in [0.05, 0.1) is 14.2 Å². The number of phenolic OH excluding ortho intramolecular Hbond substituents is 1. The normalized spacial score (nSPS) is 8.79.